The molecule has 0 N–H and O–H groups in total. The van der Waals surface area contributed by atoms with E-state index in [1.54, 1.807) is 11.8 Å². The van der Waals surface area contributed by atoms with E-state index in [0.717, 1.165) is 25.1 Å². The summed E-state index contributed by atoms with van der Waals surface area (Å²) in [5, 5.41) is 0.0403. The summed E-state index contributed by atoms with van der Waals surface area (Å²) in [5.41, 5.74) is 3.71. The lowest BCUT2D eigenvalue weighted by Crippen LogP contribution is -2.36. The molecule has 1 amide bonds. The van der Waals surface area contributed by atoms with Crippen LogP contribution < -0.4 is 4.90 Å². The molecule has 20 heavy (non-hydrogen) atoms. The average molecular weight is 281 g/mol. The molecule has 0 saturated heterocycles. The maximum atomic E-state index is 12.8. The van der Waals surface area contributed by atoms with E-state index in [4.69, 9.17) is 0 Å². The van der Waals surface area contributed by atoms with Crippen molar-refractivity contribution in [2.24, 2.45) is 0 Å². The second-order valence-electron chi connectivity index (χ2n) is 5.29. The zero-order chi connectivity index (χ0) is 13.5. The minimum Gasteiger partial charge on any atom is -0.311 e. The minimum atomic E-state index is 0.0403. The predicted octanol–water partition coefficient (Wildman–Crippen LogP) is 3.29. The van der Waals surface area contributed by atoms with Crippen LogP contribution in [-0.4, -0.2) is 17.7 Å². The molecule has 1 atom stereocenters. The van der Waals surface area contributed by atoms with Gasteiger partial charge in [0, 0.05) is 17.1 Å². The highest BCUT2D eigenvalue weighted by molar-refractivity contribution is 8.01. The molecule has 0 aliphatic carbocycles. The largest absolute Gasteiger partial charge is 0.311 e. The van der Waals surface area contributed by atoms with Gasteiger partial charge in [0.05, 0.1) is 5.25 Å². The summed E-state index contributed by atoms with van der Waals surface area (Å²) in [4.78, 5) is 16.0. The fourth-order valence-electron chi connectivity index (χ4n) is 3.06. The normalized spacial score (nSPS) is 19.8. The molecule has 3 heteroatoms. The number of para-hydroxylation sites is 1. The molecule has 0 aromatic heterocycles. The van der Waals surface area contributed by atoms with Crippen LogP contribution in [0.25, 0.3) is 0 Å². The van der Waals surface area contributed by atoms with E-state index in [1.807, 2.05) is 23.1 Å². The molecule has 0 spiro atoms. The van der Waals surface area contributed by atoms with Gasteiger partial charge in [-0.3, -0.25) is 4.79 Å². The lowest BCUT2D eigenvalue weighted by molar-refractivity contribution is -0.117. The summed E-state index contributed by atoms with van der Waals surface area (Å²) in [6.45, 7) is 0.825. The highest BCUT2D eigenvalue weighted by Gasteiger charge is 2.34. The number of thioether (sulfide) groups is 1. The number of carbonyl (C=O) groups excluding carboxylic acids is 1. The number of fused-ring (bicyclic) bond motifs is 2. The SMILES string of the molecule is O=C(C1Cc2ccccc2S1)N1CCc2ccccc21. The maximum Gasteiger partial charge on any atom is 0.240 e. The molecule has 2 nitrogen and oxygen atoms in total. The van der Waals surface area contributed by atoms with Crippen molar-refractivity contribution in [1.82, 2.24) is 0 Å². The van der Waals surface area contributed by atoms with E-state index >= 15 is 0 Å². The molecule has 2 aliphatic rings. The third-order valence-corrected chi connectivity index (χ3v) is 5.38. The summed E-state index contributed by atoms with van der Waals surface area (Å²) in [6, 6.07) is 16.6. The molecule has 4 rings (SSSR count). The van der Waals surface area contributed by atoms with Gasteiger partial charge in [-0.1, -0.05) is 36.4 Å². The summed E-state index contributed by atoms with van der Waals surface area (Å²) < 4.78 is 0. The van der Waals surface area contributed by atoms with E-state index in [1.165, 1.54) is 16.0 Å². The quantitative estimate of drug-likeness (QED) is 0.799. The van der Waals surface area contributed by atoms with Crippen LogP contribution in [0.3, 0.4) is 0 Å². The van der Waals surface area contributed by atoms with Crippen LogP contribution in [0.4, 0.5) is 5.69 Å². The Morgan fingerprint density at radius 3 is 2.65 bits per heavy atom. The fourth-order valence-corrected chi connectivity index (χ4v) is 4.32. The number of amides is 1. The van der Waals surface area contributed by atoms with Gasteiger partial charge < -0.3 is 4.90 Å². The zero-order valence-electron chi connectivity index (χ0n) is 11.1. The van der Waals surface area contributed by atoms with Gasteiger partial charge >= 0.3 is 0 Å². The number of rotatable bonds is 1. The monoisotopic (exact) mass is 281 g/mol. The average Bonchev–Trinajstić information content (AvgIpc) is 3.10. The van der Waals surface area contributed by atoms with E-state index in [0.29, 0.717) is 0 Å². The number of benzene rings is 2. The first-order chi connectivity index (χ1) is 9.83. The second-order valence-corrected chi connectivity index (χ2v) is 6.53. The molecule has 0 fully saturated rings. The first kappa shape index (κ1) is 12.0. The summed E-state index contributed by atoms with van der Waals surface area (Å²) >= 11 is 1.71. The van der Waals surface area contributed by atoms with Crippen molar-refractivity contribution in [3.05, 3.63) is 59.7 Å². The van der Waals surface area contributed by atoms with Gasteiger partial charge in [0.25, 0.3) is 0 Å². The fraction of sp³-hybridized carbons (Fsp3) is 0.235. The Morgan fingerprint density at radius 2 is 1.80 bits per heavy atom. The first-order valence-corrected chi connectivity index (χ1v) is 7.85. The predicted molar refractivity (Wildman–Crippen MR) is 82.3 cm³/mol. The highest BCUT2D eigenvalue weighted by atomic mass is 32.2. The minimum absolute atomic E-state index is 0.0403. The van der Waals surface area contributed by atoms with Crippen LogP contribution in [0, 0.1) is 0 Å². The summed E-state index contributed by atoms with van der Waals surface area (Å²) in [6.07, 6.45) is 1.84. The molecule has 0 radical (unpaired) electrons. The Bertz CT molecular complexity index is 657. The smallest absolute Gasteiger partial charge is 0.240 e. The van der Waals surface area contributed by atoms with E-state index in [2.05, 4.69) is 30.3 Å². The van der Waals surface area contributed by atoms with Crippen LogP contribution >= 0.6 is 11.8 Å². The van der Waals surface area contributed by atoms with Gasteiger partial charge in [-0.25, -0.2) is 0 Å². The molecule has 2 aliphatic heterocycles. The number of nitrogens with zero attached hydrogens (tertiary/aromatic N) is 1. The van der Waals surface area contributed by atoms with Crippen molar-refractivity contribution >= 4 is 23.4 Å². The standard InChI is InChI=1S/C17H15NOS/c19-17(16-11-13-6-2-4-8-15(13)20-16)18-10-9-12-5-1-3-7-14(12)18/h1-8,16H,9-11H2. The molecular weight excluding hydrogens is 266 g/mol. The zero-order valence-corrected chi connectivity index (χ0v) is 11.9. The lowest BCUT2D eigenvalue weighted by atomic mass is 10.1. The molecule has 0 bridgehead atoms. The molecule has 2 heterocycles. The van der Waals surface area contributed by atoms with Crippen molar-refractivity contribution < 1.29 is 4.79 Å². The summed E-state index contributed by atoms with van der Waals surface area (Å²) in [5.74, 6) is 0.260. The van der Waals surface area contributed by atoms with Crippen molar-refractivity contribution in [3.8, 4) is 0 Å². The highest BCUT2D eigenvalue weighted by Crippen LogP contribution is 2.39. The van der Waals surface area contributed by atoms with Gasteiger partial charge in [0.15, 0.2) is 0 Å². The van der Waals surface area contributed by atoms with Crippen LogP contribution in [0.15, 0.2) is 53.4 Å². The molecule has 2 aromatic carbocycles. The Hall–Kier alpha value is -1.74. The third kappa shape index (κ3) is 1.85. The molecule has 0 saturated carbocycles. The van der Waals surface area contributed by atoms with Crippen LogP contribution in [0.2, 0.25) is 0 Å². The number of hydrogen-bond donors (Lipinski definition) is 0. The van der Waals surface area contributed by atoms with Gasteiger partial charge in [0.2, 0.25) is 5.91 Å². The van der Waals surface area contributed by atoms with E-state index in [-0.39, 0.29) is 11.2 Å². The van der Waals surface area contributed by atoms with Crippen molar-refractivity contribution in [3.63, 3.8) is 0 Å². The molecule has 100 valence electrons. The summed E-state index contributed by atoms with van der Waals surface area (Å²) in [7, 11) is 0. The number of carbonyl (C=O) groups is 1. The molecule has 1 unspecified atom stereocenters. The van der Waals surface area contributed by atoms with Crippen LogP contribution in [-0.2, 0) is 17.6 Å². The third-order valence-electron chi connectivity index (χ3n) is 4.08. The second kappa shape index (κ2) is 4.67. The van der Waals surface area contributed by atoms with E-state index < -0.39 is 0 Å². The van der Waals surface area contributed by atoms with Crippen molar-refractivity contribution in [1.29, 1.82) is 0 Å². The molecular formula is C17H15NOS. The Kier molecular flexibility index (Phi) is 2.81. The topological polar surface area (TPSA) is 20.3 Å². The van der Waals surface area contributed by atoms with Gasteiger partial charge in [0.1, 0.15) is 0 Å². The van der Waals surface area contributed by atoms with E-state index in [9.17, 15) is 4.79 Å². The lowest BCUT2D eigenvalue weighted by Gasteiger charge is -2.20. The van der Waals surface area contributed by atoms with Crippen LogP contribution in [0.1, 0.15) is 11.1 Å². The first-order valence-electron chi connectivity index (χ1n) is 6.97. The van der Waals surface area contributed by atoms with Crippen molar-refractivity contribution in [2.75, 3.05) is 11.4 Å². The maximum absolute atomic E-state index is 12.8. The Morgan fingerprint density at radius 1 is 1.05 bits per heavy atom. The Balaban J connectivity index is 1.59. The van der Waals surface area contributed by atoms with Crippen molar-refractivity contribution in [2.45, 2.75) is 23.0 Å². The van der Waals surface area contributed by atoms with Gasteiger partial charge in [-0.2, -0.15) is 0 Å². The Labute approximate surface area is 122 Å². The number of hydrogen-bond acceptors (Lipinski definition) is 2. The van der Waals surface area contributed by atoms with Crippen LogP contribution in [0.5, 0.6) is 0 Å². The van der Waals surface area contributed by atoms with Gasteiger partial charge in [-0.05, 0) is 36.1 Å². The van der Waals surface area contributed by atoms with Gasteiger partial charge in [-0.15, -0.1) is 11.8 Å². The molecule has 2 aromatic rings. The number of anilines is 1.